The highest BCUT2D eigenvalue weighted by molar-refractivity contribution is 9.09. The SMILES string of the molecule is Cc1cccc(C(=O)N(C)CC2CC(Br)C2)c1Cl. The van der Waals surface area contributed by atoms with Crippen LogP contribution in [0.4, 0.5) is 0 Å². The molecule has 0 unspecified atom stereocenters. The number of rotatable bonds is 3. The van der Waals surface area contributed by atoms with Gasteiger partial charge in [0, 0.05) is 18.4 Å². The molecule has 1 saturated carbocycles. The quantitative estimate of drug-likeness (QED) is 0.770. The van der Waals surface area contributed by atoms with E-state index in [-0.39, 0.29) is 5.91 Å². The lowest BCUT2D eigenvalue weighted by Crippen LogP contribution is -2.37. The van der Waals surface area contributed by atoms with Gasteiger partial charge in [-0.15, -0.1) is 0 Å². The molecule has 98 valence electrons. The summed E-state index contributed by atoms with van der Waals surface area (Å²) in [5, 5.41) is 0.571. The van der Waals surface area contributed by atoms with E-state index in [1.165, 1.54) is 0 Å². The van der Waals surface area contributed by atoms with Crippen molar-refractivity contribution in [3.05, 3.63) is 34.3 Å². The van der Waals surface area contributed by atoms with E-state index in [1.54, 1.807) is 11.0 Å². The first kappa shape index (κ1) is 13.9. The Morgan fingerprint density at radius 3 is 2.78 bits per heavy atom. The van der Waals surface area contributed by atoms with Crippen molar-refractivity contribution in [1.82, 2.24) is 4.90 Å². The Labute approximate surface area is 121 Å². The molecule has 1 aliphatic carbocycles. The molecule has 1 aromatic carbocycles. The number of amides is 1. The minimum absolute atomic E-state index is 0.0155. The van der Waals surface area contributed by atoms with Crippen LogP contribution in [0.5, 0.6) is 0 Å². The summed E-state index contributed by atoms with van der Waals surface area (Å²) in [5.74, 6) is 0.633. The van der Waals surface area contributed by atoms with E-state index in [1.807, 2.05) is 26.1 Å². The van der Waals surface area contributed by atoms with Gasteiger partial charge in [-0.25, -0.2) is 0 Å². The molecule has 0 aliphatic heterocycles. The number of carbonyl (C=O) groups is 1. The first-order chi connectivity index (χ1) is 8.49. The molecule has 1 fully saturated rings. The van der Waals surface area contributed by atoms with Crippen molar-refractivity contribution < 1.29 is 4.79 Å². The predicted octanol–water partition coefficient (Wildman–Crippen LogP) is 3.89. The Morgan fingerprint density at radius 2 is 2.17 bits per heavy atom. The predicted molar refractivity (Wildman–Crippen MR) is 78.6 cm³/mol. The number of aryl methyl sites for hydroxylation is 1. The topological polar surface area (TPSA) is 20.3 Å². The van der Waals surface area contributed by atoms with Gasteiger partial charge >= 0.3 is 0 Å². The van der Waals surface area contributed by atoms with Crippen LogP contribution in [0.1, 0.15) is 28.8 Å². The Kier molecular flexibility index (Phi) is 4.33. The van der Waals surface area contributed by atoms with Crippen LogP contribution >= 0.6 is 27.5 Å². The molecular weight excluding hydrogens is 314 g/mol. The molecule has 1 aromatic rings. The van der Waals surface area contributed by atoms with Crippen molar-refractivity contribution in [2.45, 2.75) is 24.6 Å². The highest BCUT2D eigenvalue weighted by Crippen LogP contribution is 2.34. The van der Waals surface area contributed by atoms with Crippen LogP contribution < -0.4 is 0 Å². The van der Waals surface area contributed by atoms with Gasteiger partial charge in [-0.05, 0) is 37.3 Å². The number of carbonyl (C=O) groups excluding carboxylic acids is 1. The third kappa shape index (κ3) is 2.89. The lowest BCUT2D eigenvalue weighted by atomic mass is 9.85. The van der Waals surface area contributed by atoms with Gasteiger partial charge in [0.2, 0.25) is 0 Å². The van der Waals surface area contributed by atoms with Crippen LogP contribution in [0.3, 0.4) is 0 Å². The minimum atomic E-state index is 0.0155. The van der Waals surface area contributed by atoms with Crippen molar-refractivity contribution in [3.8, 4) is 0 Å². The second-order valence-corrected chi connectivity index (χ2v) is 6.73. The Hall–Kier alpha value is -0.540. The fraction of sp³-hybridized carbons (Fsp3) is 0.500. The van der Waals surface area contributed by atoms with E-state index in [2.05, 4.69) is 15.9 Å². The number of benzene rings is 1. The van der Waals surface area contributed by atoms with Gasteiger partial charge in [-0.3, -0.25) is 4.79 Å². The summed E-state index contributed by atoms with van der Waals surface area (Å²) in [7, 11) is 1.85. The van der Waals surface area contributed by atoms with Crippen molar-refractivity contribution in [2.24, 2.45) is 5.92 Å². The van der Waals surface area contributed by atoms with Crippen LogP contribution in [-0.2, 0) is 0 Å². The molecule has 18 heavy (non-hydrogen) atoms. The minimum Gasteiger partial charge on any atom is -0.341 e. The van der Waals surface area contributed by atoms with Crippen LogP contribution in [-0.4, -0.2) is 29.2 Å². The van der Waals surface area contributed by atoms with Crippen molar-refractivity contribution in [2.75, 3.05) is 13.6 Å². The Morgan fingerprint density at radius 1 is 1.50 bits per heavy atom. The molecule has 0 spiro atoms. The smallest absolute Gasteiger partial charge is 0.255 e. The first-order valence-corrected chi connectivity index (χ1v) is 7.43. The molecule has 0 N–H and O–H groups in total. The van der Waals surface area contributed by atoms with E-state index in [9.17, 15) is 4.79 Å². The number of nitrogens with zero attached hydrogens (tertiary/aromatic N) is 1. The van der Waals surface area contributed by atoms with E-state index in [4.69, 9.17) is 11.6 Å². The van der Waals surface area contributed by atoms with E-state index in [0.717, 1.165) is 24.9 Å². The molecule has 1 aliphatic rings. The summed E-state index contributed by atoms with van der Waals surface area (Å²) in [5.41, 5.74) is 1.55. The number of halogens is 2. The maximum absolute atomic E-state index is 12.3. The summed E-state index contributed by atoms with van der Waals surface area (Å²) in [6.45, 7) is 2.73. The second-order valence-electron chi connectivity index (χ2n) is 5.06. The van der Waals surface area contributed by atoms with Gasteiger partial charge in [0.05, 0.1) is 10.6 Å². The largest absolute Gasteiger partial charge is 0.341 e. The molecule has 4 heteroatoms. The third-order valence-electron chi connectivity index (χ3n) is 3.48. The van der Waals surface area contributed by atoms with E-state index >= 15 is 0 Å². The van der Waals surface area contributed by atoms with Crippen LogP contribution in [0.25, 0.3) is 0 Å². The molecule has 1 amide bonds. The standard InChI is InChI=1S/C14H17BrClNO/c1-9-4-3-5-12(13(9)16)14(18)17(2)8-10-6-11(15)7-10/h3-5,10-11H,6-8H2,1-2H3. The number of hydrogen-bond donors (Lipinski definition) is 0. The molecule has 0 radical (unpaired) electrons. The van der Waals surface area contributed by atoms with Gasteiger partial charge in [0.15, 0.2) is 0 Å². The summed E-state index contributed by atoms with van der Waals surface area (Å²) in [6, 6.07) is 5.59. The fourth-order valence-corrected chi connectivity index (χ4v) is 3.56. The van der Waals surface area contributed by atoms with Crippen LogP contribution in [0.2, 0.25) is 5.02 Å². The summed E-state index contributed by atoms with van der Waals surface area (Å²) < 4.78 is 0. The van der Waals surface area contributed by atoms with E-state index < -0.39 is 0 Å². The van der Waals surface area contributed by atoms with Gasteiger partial charge in [-0.2, -0.15) is 0 Å². The molecule has 0 heterocycles. The van der Waals surface area contributed by atoms with Gasteiger partial charge < -0.3 is 4.90 Å². The van der Waals surface area contributed by atoms with Crippen LogP contribution in [0.15, 0.2) is 18.2 Å². The molecular formula is C14H17BrClNO. The highest BCUT2D eigenvalue weighted by Gasteiger charge is 2.29. The average molecular weight is 331 g/mol. The van der Waals surface area contributed by atoms with Gasteiger partial charge in [0.25, 0.3) is 5.91 Å². The first-order valence-electron chi connectivity index (χ1n) is 6.13. The second kappa shape index (κ2) is 5.62. The summed E-state index contributed by atoms with van der Waals surface area (Å²) in [6.07, 6.45) is 2.30. The molecule has 2 rings (SSSR count). The van der Waals surface area contributed by atoms with Crippen molar-refractivity contribution >= 4 is 33.4 Å². The summed E-state index contributed by atoms with van der Waals surface area (Å²) >= 11 is 9.75. The number of alkyl halides is 1. The zero-order valence-electron chi connectivity index (χ0n) is 10.6. The van der Waals surface area contributed by atoms with Gasteiger partial charge in [0.1, 0.15) is 0 Å². The lowest BCUT2D eigenvalue weighted by Gasteiger charge is -2.34. The summed E-state index contributed by atoms with van der Waals surface area (Å²) in [4.78, 5) is 14.7. The number of hydrogen-bond acceptors (Lipinski definition) is 1. The maximum atomic E-state index is 12.3. The molecule has 0 aromatic heterocycles. The zero-order valence-corrected chi connectivity index (χ0v) is 13.0. The lowest BCUT2D eigenvalue weighted by molar-refractivity contribution is 0.0749. The maximum Gasteiger partial charge on any atom is 0.255 e. The molecule has 0 atom stereocenters. The molecule has 2 nitrogen and oxygen atoms in total. The fourth-order valence-electron chi connectivity index (χ4n) is 2.29. The van der Waals surface area contributed by atoms with Crippen molar-refractivity contribution in [1.29, 1.82) is 0 Å². The monoisotopic (exact) mass is 329 g/mol. The van der Waals surface area contributed by atoms with E-state index in [0.29, 0.717) is 21.3 Å². The normalized spacial score (nSPS) is 22.4. The molecule has 0 saturated heterocycles. The zero-order chi connectivity index (χ0) is 13.3. The highest BCUT2D eigenvalue weighted by atomic mass is 79.9. The van der Waals surface area contributed by atoms with Crippen molar-refractivity contribution in [3.63, 3.8) is 0 Å². The van der Waals surface area contributed by atoms with Crippen LogP contribution in [0, 0.1) is 12.8 Å². The Bertz CT molecular complexity index is 457. The van der Waals surface area contributed by atoms with Gasteiger partial charge in [-0.1, -0.05) is 39.7 Å². The third-order valence-corrected chi connectivity index (χ3v) is 4.73. The molecule has 0 bridgehead atoms. The average Bonchev–Trinajstić information content (AvgIpc) is 2.30. The Balaban J connectivity index is 2.04.